The first-order valence-electron chi connectivity index (χ1n) is 9.57. The van der Waals surface area contributed by atoms with Gasteiger partial charge in [0, 0.05) is 42.1 Å². The summed E-state index contributed by atoms with van der Waals surface area (Å²) in [5.74, 6) is 0. The number of nitrogens with zero attached hydrogens (tertiary/aromatic N) is 1. The number of alkyl halides is 3. The van der Waals surface area contributed by atoms with Crippen LogP contribution in [0, 0.1) is 0 Å². The van der Waals surface area contributed by atoms with Gasteiger partial charge in [-0.3, -0.25) is 0 Å². The van der Waals surface area contributed by atoms with Gasteiger partial charge in [0.1, 0.15) is 5.00 Å². The molecule has 0 spiro atoms. The number of ether oxygens (including phenoxy) is 1. The van der Waals surface area contributed by atoms with Gasteiger partial charge >= 0.3 is 6.18 Å². The molecule has 0 bridgehead atoms. The summed E-state index contributed by atoms with van der Waals surface area (Å²) in [5, 5.41) is 3.87. The van der Waals surface area contributed by atoms with E-state index in [-0.39, 0.29) is 15.6 Å². The molecule has 1 aromatic carbocycles. The van der Waals surface area contributed by atoms with Crippen molar-refractivity contribution in [1.82, 2.24) is 4.57 Å². The smallest absolute Gasteiger partial charge is 0.389 e. The van der Waals surface area contributed by atoms with Crippen molar-refractivity contribution in [3.8, 4) is 0 Å². The number of nitrogen functional groups attached to an aromatic ring is 1. The van der Waals surface area contributed by atoms with Crippen molar-refractivity contribution in [3.63, 3.8) is 0 Å². The number of allylic oxidation sites excluding steroid dienone is 5. The molecule has 0 radical (unpaired) electrons. The van der Waals surface area contributed by atoms with Crippen LogP contribution in [0.4, 0.5) is 29.5 Å². The molecule has 3 rings (SSSR count). The Morgan fingerprint density at radius 2 is 1.91 bits per heavy atom. The molecule has 0 aliphatic rings. The number of aromatic nitrogens is 1. The Labute approximate surface area is 189 Å². The number of halogens is 3. The number of nitrogens with one attached hydrogen (secondary N) is 1. The van der Waals surface area contributed by atoms with Crippen molar-refractivity contribution >= 4 is 50.4 Å². The maximum absolute atomic E-state index is 13.6. The molecule has 0 aliphatic heterocycles. The Bertz CT molecular complexity index is 1150. The fourth-order valence-electron chi connectivity index (χ4n) is 3.10. The van der Waals surface area contributed by atoms with Gasteiger partial charge < -0.3 is 20.4 Å². The zero-order chi connectivity index (χ0) is 23.9. The number of thiophene rings is 1. The van der Waals surface area contributed by atoms with Crippen LogP contribution in [0.15, 0.2) is 67.9 Å². The SMILES string of the molecule is C=C/C=C(\C=C/C)n1ccc2ccc(Nc3c(N)sc(C=C)c3C(F)(F)F)cc21.COC. The van der Waals surface area contributed by atoms with E-state index >= 15 is 0 Å². The van der Waals surface area contributed by atoms with Crippen LogP contribution >= 0.6 is 11.3 Å². The van der Waals surface area contributed by atoms with E-state index in [2.05, 4.69) is 23.2 Å². The maximum atomic E-state index is 13.6. The highest BCUT2D eigenvalue weighted by Gasteiger charge is 2.38. The Kier molecular flexibility index (Phi) is 8.51. The van der Waals surface area contributed by atoms with Gasteiger partial charge in [0.2, 0.25) is 0 Å². The van der Waals surface area contributed by atoms with Crippen molar-refractivity contribution in [3.05, 3.63) is 78.4 Å². The van der Waals surface area contributed by atoms with Crippen LogP contribution in [0.1, 0.15) is 17.4 Å². The number of hydrogen-bond acceptors (Lipinski definition) is 4. The van der Waals surface area contributed by atoms with Gasteiger partial charge in [-0.15, -0.1) is 11.3 Å². The van der Waals surface area contributed by atoms with Gasteiger partial charge in [-0.05, 0) is 37.3 Å². The normalized spacial score (nSPS) is 12.0. The first kappa shape index (κ1) is 25.0. The number of anilines is 3. The highest BCUT2D eigenvalue weighted by Crippen LogP contribution is 2.47. The number of hydrogen-bond donors (Lipinski definition) is 2. The van der Waals surface area contributed by atoms with Crippen LogP contribution in [-0.4, -0.2) is 18.8 Å². The summed E-state index contributed by atoms with van der Waals surface area (Å²) < 4.78 is 47.0. The predicted octanol–water partition coefficient (Wildman–Crippen LogP) is 7.56. The number of rotatable bonds is 6. The van der Waals surface area contributed by atoms with Gasteiger partial charge in [-0.25, -0.2) is 0 Å². The molecule has 0 saturated heterocycles. The third-order valence-electron chi connectivity index (χ3n) is 4.30. The molecule has 32 heavy (non-hydrogen) atoms. The third-order valence-corrected chi connectivity index (χ3v) is 5.31. The maximum Gasteiger partial charge on any atom is 0.419 e. The standard InChI is InChI=1S/C22H20F3N3S.C2H6O/c1-4-7-16(8-5-2)28-12-11-14-9-10-15(13-17(14)28)27-20-19(22(23,24)25)18(6-3)29-21(20)26;1-3-2/h4-13,27H,1,3,26H2,2H3;1-2H3/b8-5-,16-7+;. The first-order chi connectivity index (χ1) is 15.2. The van der Waals surface area contributed by atoms with E-state index in [1.807, 2.05) is 48.0 Å². The predicted molar refractivity (Wildman–Crippen MR) is 131 cm³/mol. The van der Waals surface area contributed by atoms with E-state index in [1.165, 1.54) is 6.08 Å². The molecule has 170 valence electrons. The lowest BCUT2D eigenvalue weighted by Crippen LogP contribution is -2.09. The monoisotopic (exact) mass is 461 g/mol. The van der Waals surface area contributed by atoms with E-state index in [9.17, 15) is 13.2 Å². The second-order valence-electron chi connectivity index (χ2n) is 6.60. The lowest BCUT2D eigenvalue weighted by Gasteiger charge is -2.13. The molecular weight excluding hydrogens is 435 g/mol. The van der Waals surface area contributed by atoms with Crippen molar-refractivity contribution in [2.45, 2.75) is 13.1 Å². The lowest BCUT2D eigenvalue weighted by atomic mass is 10.1. The second-order valence-corrected chi connectivity index (χ2v) is 7.69. The summed E-state index contributed by atoms with van der Waals surface area (Å²) in [7, 11) is 3.25. The van der Waals surface area contributed by atoms with E-state index in [0.717, 1.165) is 27.9 Å². The number of nitrogens with two attached hydrogens (primary N) is 1. The highest BCUT2D eigenvalue weighted by molar-refractivity contribution is 7.17. The van der Waals surface area contributed by atoms with Crippen LogP contribution in [-0.2, 0) is 10.9 Å². The number of benzene rings is 1. The zero-order valence-electron chi connectivity index (χ0n) is 18.2. The molecule has 3 N–H and O–H groups in total. The molecule has 0 saturated carbocycles. The largest absolute Gasteiger partial charge is 0.419 e. The molecule has 2 aromatic heterocycles. The van der Waals surface area contributed by atoms with Crippen LogP contribution in [0.25, 0.3) is 22.7 Å². The zero-order valence-corrected chi connectivity index (χ0v) is 19.0. The van der Waals surface area contributed by atoms with E-state index < -0.39 is 11.7 Å². The highest BCUT2D eigenvalue weighted by atomic mass is 32.1. The van der Waals surface area contributed by atoms with Crippen LogP contribution in [0.2, 0.25) is 0 Å². The average molecular weight is 462 g/mol. The molecule has 0 unspecified atom stereocenters. The summed E-state index contributed by atoms with van der Waals surface area (Å²) in [4.78, 5) is -0.00811. The van der Waals surface area contributed by atoms with Gasteiger partial charge in [0.15, 0.2) is 0 Å². The number of fused-ring (bicyclic) bond motifs is 1. The summed E-state index contributed by atoms with van der Waals surface area (Å²) in [6.45, 7) is 9.11. The Hall–Kier alpha value is -3.23. The van der Waals surface area contributed by atoms with E-state index in [0.29, 0.717) is 5.69 Å². The van der Waals surface area contributed by atoms with Crippen molar-refractivity contribution in [1.29, 1.82) is 0 Å². The van der Waals surface area contributed by atoms with Gasteiger partial charge in [-0.2, -0.15) is 13.2 Å². The van der Waals surface area contributed by atoms with Gasteiger partial charge in [0.05, 0.1) is 16.8 Å². The Balaban J connectivity index is 0.00000114. The minimum absolute atomic E-state index is 0.00811. The minimum Gasteiger partial charge on any atom is -0.389 e. The van der Waals surface area contributed by atoms with Crippen molar-refractivity contribution < 1.29 is 17.9 Å². The average Bonchev–Trinajstić information content (AvgIpc) is 3.29. The number of methoxy groups -OCH3 is 1. The fourth-order valence-corrected chi connectivity index (χ4v) is 3.99. The van der Waals surface area contributed by atoms with E-state index in [4.69, 9.17) is 5.73 Å². The third kappa shape index (κ3) is 5.52. The molecule has 4 nitrogen and oxygen atoms in total. The fraction of sp³-hybridized carbons (Fsp3) is 0.167. The quantitative estimate of drug-likeness (QED) is 0.373. The van der Waals surface area contributed by atoms with Crippen molar-refractivity contribution in [2.75, 3.05) is 25.3 Å². The van der Waals surface area contributed by atoms with Crippen LogP contribution in [0.5, 0.6) is 0 Å². The van der Waals surface area contributed by atoms with Crippen molar-refractivity contribution in [2.24, 2.45) is 0 Å². The summed E-state index contributed by atoms with van der Waals surface area (Å²) in [5.41, 5.74) is 7.16. The van der Waals surface area contributed by atoms with Crippen LogP contribution < -0.4 is 11.1 Å². The van der Waals surface area contributed by atoms with Gasteiger partial charge in [0.25, 0.3) is 0 Å². The van der Waals surface area contributed by atoms with E-state index in [1.54, 1.807) is 32.4 Å². The molecule has 0 aliphatic carbocycles. The topological polar surface area (TPSA) is 52.2 Å². The molecule has 0 amide bonds. The lowest BCUT2D eigenvalue weighted by molar-refractivity contribution is -0.136. The Morgan fingerprint density at radius 1 is 1.22 bits per heavy atom. The summed E-state index contributed by atoms with van der Waals surface area (Å²) >= 11 is 0.856. The first-order valence-corrected chi connectivity index (χ1v) is 10.4. The van der Waals surface area contributed by atoms with Crippen LogP contribution in [0.3, 0.4) is 0 Å². The van der Waals surface area contributed by atoms with Gasteiger partial charge in [-0.1, -0.05) is 37.5 Å². The molecule has 8 heteroatoms. The molecule has 2 heterocycles. The molecular formula is C24H26F3N3OS. The minimum atomic E-state index is -4.55. The second kappa shape index (κ2) is 10.9. The molecule has 0 atom stereocenters. The summed E-state index contributed by atoms with van der Waals surface area (Å²) in [6, 6.07) is 7.31. The summed E-state index contributed by atoms with van der Waals surface area (Å²) in [6.07, 6.45) is 5.90. The Morgan fingerprint density at radius 3 is 2.47 bits per heavy atom. The molecule has 3 aromatic rings. The molecule has 0 fully saturated rings.